The lowest BCUT2D eigenvalue weighted by Crippen LogP contribution is -2.30. The number of nitrogens with one attached hydrogen (secondary N) is 1. The Kier molecular flexibility index (Phi) is 7.99. The maximum Gasteiger partial charge on any atom is 0.305 e. The Balaban J connectivity index is 1.91. The van der Waals surface area contributed by atoms with Gasteiger partial charge in [-0.2, -0.15) is 0 Å². The zero-order chi connectivity index (χ0) is 23.3. The fourth-order valence-electron chi connectivity index (χ4n) is 3.00. The molecule has 0 radical (unpaired) electrons. The van der Waals surface area contributed by atoms with Crippen molar-refractivity contribution >= 4 is 57.7 Å². The van der Waals surface area contributed by atoms with Gasteiger partial charge in [-0.25, -0.2) is 4.98 Å². The summed E-state index contributed by atoms with van der Waals surface area (Å²) in [5, 5.41) is 12.1. The molecule has 0 aromatic carbocycles. The third kappa shape index (κ3) is 5.72. The number of hydrogen-bond acceptors (Lipinski definition) is 8. The molecule has 2 N–H and O–H groups in total. The van der Waals surface area contributed by atoms with Crippen LogP contribution < -0.4 is 10.9 Å². The number of carbonyl (C=O) groups is 2. The number of anilines is 1. The van der Waals surface area contributed by atoms with E-state index in [0.717, 1.165) is 11.8 Å². The number of aromatic nitrogens is 2. The van der Waals surface area contributed by atoms with Crippen LogP contribution in [-0.2, 0) is 14.3 Å². The van der Waals surface area contributed by atoms with E-state index < -0.39 is 11.9 Å². The second-order valence-corrected chi connectivity index (χ2v) is 8.96. The van der Waals surface area contributed by atoms with Gasteiger partial charge < -0.3 is 15.2 Å². The molecular weight excluding hydrogens is 452 g/mol. The van der Waals surface area contributed by atoms with E-state index in [1.807, 2.05) is 13.8 Å². The summed E-state index contributed by atoms with van der Waals surface area (Å²) >= 11 is 6.27. The molecule has 170 valence electrons. The van der Waals surface area contributed by atoms with Crippen LogP contribution in [0.1, 0.15) is 32.3 Å². The van der Waals surface area contributed by atoms with Gasteiger partial charge in [0, 0.05) is 25.9 Å². The molecule has 0 aliphatic carbocycles. The number of carboxylic acids is 1. The molecule has 0 spiro atoms. The Morgan fingerprint density at radius 3 is 2.88 bits per heavy atom. The molecule has 1 saturated heterocycles. The number of thiocarbonyl (C=S) groups is 1. The van der Waals surface area contributed by atoms with Gasteiger partial charge in [-0.1, -0.05) is 30.0 Å². The van der Waals surface area contributed by atoms with Crippen molar-refractivity contribution in [2.75, 3.05) is 25.0 Å². The predicted octanol–water partition coefficient (Wildman–Crippen LogP) is 2.60. The SMILES string of the molecule is CC(C)OCCCNc1nc2ccccn2c(=O)c1C=C1SC(=S)N(CCC(=O)O)C1=O. The van der Waals surface area contributed by atoms with Crippen LogP contribution in [0.4, 0.5) is 5.82 Å². The number of fused-ring (bicyclic) bond motifs is 1. The van der Waals surface area contributed by atoms with Crippen molar-refractivity contribution in [3.63, 3.8) is 0 Å². The van der Waals surface area contributed by atoms with E-state index in [2.05, 4.69) is 10.3 Å². The van der Waals surface area contributed by atoms with Crippen LogP contribution in [0.2, 0.25) is 0 Å². The van der Waals surface area contributed by atoms with Crippen LogP contribution in [0.5, 0.6) is 0 Å². The number of pyridine rings is 1. The first-order valence-electron chi connectivity index (χ1n) is 10.1. The molecule has 2 aromatic heterocycles. The van der Waals surface area contributed by atoms with E-state index in [-0.39, 0.29) is 39.4 Å². The summed E-state index contributed by atoms with van der Waals surface area (Å²) in [6, 6.07) is 5.24. The minimum absolute atomic E-state index is 0.0206. The smallest absolute Gasteiger partial charge is 0.305 e. The molecule has 0 saturated carbocycles. The molecule has 3 heterocycles. The fraction of sp³-hybridized carbons (Fsp3) is 0.381. The van der Waals surface area contributed by atoms with E-state index in [1.54, 1.807) is 24.4 Å². The van der Waals surface area contributed by atoms with Crippen molar-refractivity contribution in [2.24, 2.45) is 0 Å². The highest BCUT2D eigenvalue weighted by Crippen LogP contribution is 2.33. The third-order valence-electron chi connectivity index (χ3n) is 4.53. The molecule has 1 amide bonds. The number of amides is 1. The van der Waals surface area contributed by atoms with Crippen molar-refractivity contribution in [1.29, 1.82) is 0 Å². The highest BCUT2D eigenvalue weighted by atomic mass is 32.2. The Morgan fingerprint density at radius 2 is 2.16 bits per heavy atom. The van der Waals surface area contributed by atoms with E-state index in [4.69, 9.17) is 22.1 Å². The molecule has 0 atom stereocenters. The highest BCUT2D eigenvalue weighted by Gasteiger charge is 2.32. The van der Waals surface area contributed by atoms with Gasteiger partial charge in [-0.3, -0.25) is 23.7 Å². The third-order valence-corrected chi connectivity index (χ3v) is 5.91. The van der Waals surface area contributed by atoms with Crippen molar-refractivity contribution in [1.82, 2.24) is 14.3 Å². The molecule has 9 nitrogen and oxygen atoms in total. The molecule has 32 heavy (non-hydrogen) atoms. The van der Waals surface area contributed by atoms with Crippen LogP contribution in [-0.4, -0.2) is 61.4 Å². The summed E-state index contributed by atoms with van der Waals surface area (Å²) in [6.07, 6.45) is 3.72. The van der Waals surface area contributed by atoms with Crippen LogP contribution >= 0.6 is 24.0 Å². The molecule has 1 aliphatic rings. The lowest BCUT2D eigenvalue weighted by molar-refractivity contribution is -0.137. The van der Waals surface area contributed by atoms with Crippen LogP contribution in [0.15, 0.2) is 34.1 Å². The maximum atomic E-state index is 13.2. The number of carbonyl (C=O) groups excluding carboxylic acids is 1. The van der Waals surface area contributed by atoms with Crippen molar-refractivity contribution < 1.29 is 19.4 Å². The molecule has 0 unspecified atom stereocenters. The summed E-state index contributed by atoms with van der Waals surface area (Å²) in [4.78, 5) is 42.9. The number of nitrogens with zero attached hydrogens (tertiary/aromatic N) is 3. The van der Waals surface area contributed by atoms with Crippen molar-refractivity contribution in [3.05, 3.63) is 45.2 Å². The topological polar surface area (TPSA) is 113 Å². The monoisotopic (exact) mass is 476 g/mol. The van der Waals surface area contributed by atoms with E-state index >= 15 is 0 Å². The first-order valence-corrected chi connectivity index (χ1v) is 11.3. The van der Waals surface area contributed by atoms with Gasteiger partial charge in [-0.15, -0.1) is 0 Å². The Labute approximate surface area is 194 Å². The number of carboxylic acid groups (broad SMARTS) is 1. The van der Waals surface area contributed by atoms with Crippen LogP contribution in [0.25, 0.3) is 11.7 Å². The molecular formula is C21H24N4O5S2. The normalized spacial score (nSPS) is 15.3. The molecule has 11 heteroatoms. The van der Waals surface area contributed by atoms with Crippen LogP contribution in [0.3, 0.4) is 0 Å². The molecule has 1 fully saturated rings. The average Bonchev–Trinajstić information content (AvgIpc) is 3.01. The minimum Gasteiger partial charge on any atom is -0.481 e. The molecule has 0 bridgehead atoms. The van der Waals surface area contributed by atoms with E-state index in [1.165, 1.54) is 15.4 Å². The summed E-state index contributed by atoms with van der Waals surface area (Å²) in [6.45, 7) is 5.00. The number of ether oxygens (including phenoxy) is 1. The van der Waals surface area contributed by atoms with Gasteiger partial charge in [0.1, 0.15) is 15.8 Å². The van der Waals surface area contributed by atoms with Gasteiger partial charge in [0.25, 0.3) is 11.5 Å². The van der Waals surface area contributed by atoms with E-state index in [0.29, 0.717) is 31.0 Å². The van der Waals surface area contributed by atoms with Crippen molar-refractivity contribution in [3.8, 4) is 0 Å². The fourth-order valence-corrected chi connectivity index (χ4v) is 4.29. The van der Waals surface area contributed by atoms with Gasteiger partial charge in [0.15, 0.2) is 0 Å². The average molecular weight is 477 g/mol. The summed E-state index contributed by atoms with van der Waals surface area (Å²) in [5.74, 6) is -1.08. The quantitative estimate of drug-likeness (QED) is 0.303. The van der Waals surface area contributed by atoms with E-state index in [9.17, 15) is 14.4 Å². The highest BCUT2D eigenvalue weighted by molar-refractivity contribution is 8.26. The Morgan fingerprint density at radius 1 is 1.38 bits per heavy atom. The standard InChI is InChI=1S/C21H24N4O5S2/c1-13(2)30-11-5-8-22-18-14(19(28)24-9-4-3-6-16(24)23-18)12-15-20(29)25(21(31)32-15)10-7-17(26)27/h3-4,6,9,12-13,22H,5,7-8,10-11H2,1-2H3,(H,26,27). The second-order valence-electron chi connectivity index (χ2n) is 7.29. The first-order chi connectivity index (χ1) is 15.3. The number of thioether (sulfide) groups is 1. The lowest BCUT2D eigenvalue weighted by Gasteiger charge is -2.13. The zero-order valence-corrected chi connectivity index (χ0v) is 19.4. The minimum atomic E-state index is -1.02. The summed E-state index contributed by atoms with van der Waals surface area (Å²) < 4.78 is 7.21. The molecule has 1 aliphatic heterocycles. The predicted molar refractivity (Wildman–Crippen MR) is 128 cm³/mol. The number of aliphatic carboxylic acids is 1. The van der Waals surface area contributed by atoms with Gasteiger partial charge in [0.2, 0.25) is 0 Å². The van der Waals surface area contributed by atoms with Gasteiger partial charge >= 0.3 is 5.97 Å². The Hall–Kier alpha value is -2.76. The summed E-state index contributed by atoms with van der Waals surface area (Å²) in [7, 11) is 0. The Bertz CT molecular complexity index is 1130. The second kappa shape index (κ2) is 10.7. The number of rotatable bonds is 10. The summed E-state index contributed by atoms with van der Waals surface area (Å²) in [5.41, 5.74) is 0.383. The van der Waals surface area contributed by atoms with Crippen molar-refractivity contribution in [2.45, 2.75) is 32.8 Å². The van der Waals surface area contributed by atoms with Gasteiger partial charge in [0.05, 0.1) is 23.0 Å². The molecule has 2 aromatic rings. The maximum absolute atomic E-state index is 13.2. The number of hydrogen-bond donors (Lipinski definition) is 2. The molecule has 3 rings (SSSR count). The zero-order valence-electron chi connectivity index (χ0n) is 17.7. The lowest BCUT2D eigenvalue weighted by atomic mass is 10.2. The van der Waals surface area contributed by atoms with Crippen LogP contribution in [0, 0.1) is 0 Å². The first kappa shape index (κ1) is 23.9. The van der Waals surface area contributed by atoms with Gasteiger partial charge in [-0.05, 0) is 38.5 Å². The largest absolute Gasteiger partial charge is 0.481 e.